The number of hydrogen-bond donors (Lipinski definition) is 0. The van der Waals surface area contributed by atoms with Crippen LogP contribution in [0.25, 0.3) is 0 Å². The van der Waals surface area contributed by atoms with Crippen LogP contribution in [-0.2, 0) is 13.0 Å². The second kappa shape index (κ2) is 18.1. The van der Waals surface area contributed by atoms with Crippen molar-refractivity contribution in [3.05, 3.63) is 49.1 Å². The normalized spacial score (nSPS) is 11.9. The zero-order valence-electron chi connectivity index (χ0n) is 19.3. The van der Waals surface area contributed by atoms with Crippen LogP contribution in [0.15, 0.2) is 49.1 Å². The van der Waals surface area contributed by atoms with E-state index in [1.54, 1.807) is 22.8 Å². The molecule has 0 aliphatic rings. The number of rotatable bonds is 22. The fourth-order valence-corrected chi connectivity index (χ4v) is 8.64. The fraction of sp³-hybridized carbons (Fsp3) is 0.667. The predicted octanol–water partition coefficient (Wildman–Crippen LogP) is 7.54. The predicted molar refractivity (Wildman–Crippen MR) is 132 cm³/mol. The van der Waals surface area contributed by atoms with Crippen molar-refractivity contribution in [3.63, 3.8) is 0 Å². The van der Waals surface area contributed by atoms with Gasteiger partial charge in [-0.2, -0.15) is 0 Å². The second-order valence-corrected chi connectivity index (χ2v) is 13.5. The molecule has 0 aliphatic heterocycles. The van der Waals surface area contributed by atoms with Crippen molar-refractivity contribution in [1.29, 1.82) is 0 Å². The second-order valence-electron chi connectivity index (χ2n) is 7.59. The van der Waals surface area contributed by atoms with Gasteiger partial charge in [0, 0.05) is 13.2 Å². The highest BCUT2D eigenvalue weighted by Crippen LogP contribution is 2.22. The molecule has 5 heteroatoms. The van der Waals surface area contributed by atoms with Gasteiger partial charge in [-0.1, -0.05) is 78.1 Å². The maximum absolute atomic E-state index is 6.47. The van der Waals surface area contributed by atoms with Crippen molar-refractivity contribution in [2.75, 3.05) is 13.2 Å². The van der Waals surface area contributed by atoms with Crippen molar-refractivity contribution < 1.29 is 13.0 Å². The Kier molecular flexibility index (Phi) is 17.6. The zero-order chi connectivity index (χ0) is 21.8. The average molecular weight is 439 g/mol. The molecule has 0 heterocycles. The molecule has 0 saturated heterocycles. The largest absolute Gasteiger partial charge is 0.402 e. The van der Waals surface area contributed by atoms with E-state index in [1.807, 2.05) is 0 Å². The van der Waals surface area contributed by atoms with Gasteiger partial charge in [0.1, 0.15) is 0 Å². The van der Waals surface area contributed by atoms with Crippen LogP contribution in [0.4, 0.5) is 0 Å². The SMILES string of the molecule is C=C[Si](C=C)(OCCCCCCCC)O[Si](C=C)(C=C)OCCCCCCCC. The van der Waals surface area contributed by atoms with Gasteiger partial charge in [-0.15, -0.1) is 26.3 Å². The van der Waals surface area contributed by atoms with Crippen molar-refractivity contribution in [2.24, 2.45) is 0 Å². The molecular formula is C24H46O3Si2. The Hall–Kier alpha value is -0.726. The van der Waals surface area contributed by atoms with E-state index in [9.17, 15) is 0 Å². The standard InChI is InChI=1S/C24H46O3Si2/c1-7-13-15-17-19-21-23-25-28(9-3,10-4)27-29(11-5,12-6)26-24-22-20-18-16-14-8-2/h9-12H,3-8,13-24H2,1-2H3. The molecule has 0 radical (unpaired) electrons. The molecule has 168 valence electrons. The van der Waals surface area contributed by atoms with E-state index < -0.39 is 17.1 Å². The Bertz CT molecular complexity index is 395. The number of hydrogen-bond acceptors (Lipinski definition) is 3. The summed E-state index contributed by atoms with van der Waals surface area (Å²) in [5.41, 5.74) is 7.17. The van der Waals surface area contributed by atoms with Crippen LogP contribution < -0.4 is 0 Å². The Balaban J connectivity index is 4.59. The molecule has 0 aromatic heterocycles. The van der Waals surface area contributed by atoms with Gasteiger partial charge in [0.15, 0.2) is 0 Å². The lowest BCUT2D eigenvalue weighted by atomic mass is 10.1. The molecule has 0 aromatic carbocycles. The minimum Gasteiger partial charge on any atom is -0.402 e. The maximum atomic E-state index is 6.47. The van der Waals surface area contributed by atoms with Crippen molar-refractivity contribution >= 4 is 17.1 Å². The summed E-state index contributed by atoms with van der Waals surface area (Å²) < 4.78 is 18.9. The third-order valence-corrected chi connectivity index (χ3v) is 11.2. The molecule has 0 N–H and O–H groups in total. The van der Waals surface area contributed by atoms with Crippen LogP contribution in [0.5, 0.6) is 0 Å². The summed E-state index contributed by atoms with van der Waals surface area (Å²) in [5, 5.41) is 0. The fourth-order valence-electron chi connectivity index (χ4n) is 3.11. The van der Waals surface area contributed by atoms with Gasteiger partial charge < -0.3 is 13.0 Å². The van der Waals surface area contributed by atoms with E-state index in [0.29, 0.717) is 13.2 Å². The van der Waals surface area contributed by atoms with E-state index in [-0.39, 0.29) is 0 Å². The summed E-state index contributed by atoms with van der Waals surface area (Å²) in [7, 11) is -5.52. The third-order valence-electron chi connectivity index (χ3n) is 5.11. The summed E-state index contributed by atoms with van der Waals surface area (Å²) in [4.78, 5) is 0. The lowest BCUT2D eigenvalue weighted by Gasteiger charge is -2.34. The third kappa shape index (κ3) is 12.5. The van der Waals surface area contributed by atoms with Gasteiger partial charge in [0.2, 0.25) is 0 Å². The monoisotopic (exact) mass is 438 g/mol. The lowest BCUT2D eigenvalue weighted by molar-refractivity contribution is 0.203. The van der Waals surface area contributed by atoms with E-state index in [4.69, 9.17) is 13.0 Å². The Morgan fingerprint density at radius 1 is 0.517 bits per heavy atom. The Morgan fingerprint density at radius 2 is 0.828 bits per heavy atom. The van der Waals surface area contributed by atoms with E-state index >= 15 is 0 Å². The van der Waals surface area contributed by atoms with Gasteiger partial charge >= 0.3 is 17.1 Å². The maximum Gasteiger partial charge on any atom is 0.382 e. The molecule has 0 atom stereocenters. The first-order valence-corrected chi connectivity index (χ1v) is 15.5. The van der Waals surface area contributed by atoms with Crippen LogP contribution in [0.2, 0.25) is 0 Å². The van der Waals surface area contributed by atoms with Crippen LogP contribution >= 0.6 is 0 Å². The van der Waals surface area contributed by atoms with Crippen molar-refractivity contribution in [2.45, 2.75) is 90.9 Å². The highest BCUT2D eigenvalue weighted by Gasteiger charge is 2.42. The molecular weight excluding hydrogens is 392 g/mol. The summed E-state index contributed by atoms with van der Waals surface area (Å²) in [6.45, 7) is 21.7. The van der Waals surface area contributed by atoms with Crippen molar-refractivity contribution in [1.82, 2.24) is 0 Å². The molecule has 29 heavy (non-hydrogen) atoms. The first-order valence-electron chi connectivity index (χ1n) is 11.6. The van der Waals surface area contributed by atoms with Crippen LogP contribution in [0.3, 0.4) is 0 Å². The van der Waals surface area contributed by atoms with Crippen LogP contribution in [-0.4, -0.2) is 30.3 Å². The van der Waals surface area contributed by atoms with E-state index in [0.717, 1.165) is 12.8 Å². The highest BCUT2D eigenvalue weighted by atomic mass is 28.5. The Morgan fingerprint density at radius 3 is 1.14 bits per heavy atom. The Labute approximate surface area is 183 Å². The first kappa shape index (κ1) is 28.3. The smallest absolute Gasteiger partial charge is 0.382 e. The molecule has 0 unspecified atom stereocenters. The summed E-state index contributed by atoms with van der Waals surface area (Å²) in [6.07, 6.45) is 14.7. The molecule has 0 saturated carbocycles. The summed E-state index contributed by atoms with van der Waals surface area (Å²) in [5.74, 6) is 0. The molecule has 0 spiro atoms. The molecule has 0 aromatic rings. The highest BCUT2D eigenvalue weighted by molar-refractivity contribution is 6.90. The van der Waals surface area contributed by atoms with Gasteiger partial charge in [-0.25, -0.2) is 0 Å². The van der Waals surface area contributed by atoms with Gasteiger partial charge in [0.25, 0.3) is 0 Å². The van der Waals surface area contributed by atoms with Crippen LogP contribution in [0.1, 0.15) is 90.9 Å². The molecule has 3 nitrogen and oxygen atoms in total. The molecule has 0 fully saturated rings. The molecule has 0 rings (SSSR count). The molecule has 0 bridgehead atoms. The van der Waals surface area contributed by atoms with E-state index in [2.05, 4.69) is 40.2 Å². The molecule has 0 aliphatic carbocycles. The average Bonchev–Trinajstić information content (AvgIpc) is 2.76. The lowest BCUT2D eigenvalue weighted by Crippen LogP contribution is -2.52. The van der Waals surface area contributed by atoms with Gasteiger partial charge in [-0.3, -0.25) is 0 Å². The van der Waals surface area contributed by atoms with Gasteiger partial charge in [0.05, 0.1) is 0 Å². The van der Waals surface area contributed by atoms with Gasteiger partial charge in [-0.05, 0) is 35.6 Å². The quantitative estimate of drug-likeness (QED) is 0.129. The first-order chi connectivity index (χ1) is 14.1. The van der Waals surface area contributed by atoms with Crippen molar-refractivity contribution in [3.8, 4) is 0 Å². The topological polar surface area (TPSA) is 27.7 Å². The molecule has 0 amide bonds. The minimum atomic E-state index is -2.76. The zero-order valence-corrected chi connectivity index (χ0v) is 21.3. The summed E-state index contributed by atoms with van der Waals surface area (Å²) >= 11 is 0. The van der Waals surface area contributed by atoms with E-state index in [1.165, 1.54) is 64.2 Å². The summed E-state index contributed by atoms with van der Waals surface area (Å²) in [6, 6.07) is 0. The van der Waals surface area contributed by atoms with Crippen LogP contribution in [0, 0.1) is 0 Å². The number of unbranched alkanes of at least 4 members (excludes halogenated alkanes) is 10. The minimum absolute atomic E-state index is 0.659.